The Balaban J connectivity index is 1.26. The number of nitrogens with one attached hydrogen (secondary N) is 1. The van der Waals surface area contributed by atoms with Crippen LogP contribution in [0.3, 0.4) is 0 Å². The smallest absolute Gasteiger partial charge is 0.154 e. The Bertz CT molecular complexity index is 1290. The highest BCUT2D eigenvalue weighted by Crippen LogP contribution is 2.24. The van der Waals surface area contributed by atoms with E-state index in [0.29, 0.717) is 23.7 Å². The van der Waals surface area contributed by atoms with Crippen molar-refractivity contribution in [1.29, 1.82) is 0 Å². The first kappa shape index (κ1) is 23.3. The van der Waals surface area contributed by atoms with Crippen LogP contribution in [0, 0.1) is 0 Å². The van der Waals surface area contributed by atoms with E-state index in [2.05, 4.69) is 63.5 Å². The van der Waals surface area contributed by atoms with Crippen LogP contribution in [0.25, 0.3) is 22.2 Å². The van der Waals surface area contributed by atoms with Crippen molar-refractivity contribution in [3.05, 3.63) is 54.6 Å². The Morgan fingerprint density at radius 3 is 2.83 bits per heavy atom. The average molecular weight is 473 g/mol. The van der Waals surface area contributed by atoms with Gasteiger partial charge in [-0.25, -0.2) is 4.98 Å². The standard InChI is InChI=1S/C26H32N8O/c1-18(2)20-12-26(32-28-14-20)31-25-6-5-23-24(30-25)11-21(13-27-23)22-15-29-34(17-22)8-4-7-33-9-10-35-19(3)16-33/h5-6,11-15,17-19H,4,7-10,16H2,1-3H3,(H,30,31,32)/t19-/m1/s1. The molecule has 1 saturated heterocycles. The number of pyridine rings is 2. The Labute approximate surface area is 205 Å². The molecule has 0 bridgehead atoms. The van der Waals surface area contributed by atoms with Gasteiger partial charge in [0, 0.05) is 49.7 Å². The maximum Gasteiger partial charge on any atom is 0.154 e. The minimum absolute atomic E-state index is 0.322. The molecule has 0 aromatic carbocycles. The first-order chi connectivity index (χ1) is 17.0. The Morgan fingerprint density at radius 1 is 1.06 bits per heavy atom. The summed E-state index contributed by atoms with van der Waals surface area (Å²) in [6, 6.07) is 7.93. The van der Waals surface area contributed by atoms with E-state index < -0.39 is 0 Å². The zero-order chi connectivity index (χ0) is 24.2. The first-order valence-corrected chi connectivity index (χ1v) is 12.3. The molecule has 0 spiro atoms. The number of morpholine rings is 1. The van der Waals surface area contributed by atoms with E-state index in [-0.39, 0.29) is 0 Å². The van der Waals surface area contributed by atoms with E-state index in [4.69, 9.17) is 9.72 Å². The SMILES string of the molecule is CC(C)c1cnnc(Nc2ccc3ncc(-c4cnn(CCCN5CCO[C@H](C)C5)c4)cc3n2)c1. The third-order valence-corrected chi connectivity index (χ3v) is 6.29. The molecule has 0 radical (unpaired) electrons. The van der Waals surface area contributed by atoms with Gasteiger partial charge in [0.2, 0.25) is 0 Å². The molecule has 0 aliphatic carbocycles. The molecule has 4 aromatic rings. The number of aryl methyl sites for hydroxylation is 1. The van der Waals surface area contributed by atoms with E-state index in [9.17, 15) is 0 Å². The number of hydrogen-bond acceptors (Lipinski definition) is 8. The van der Waals surface area contributed by atoms with Gasteiger partial charge in [0.15, 0.2) is 5.82 Å². The number of aromatic nitrogens is 6. The highest BCUT2D eigenvalue weighted by Gasteiger charge is 2.16. The monoisotopic (exact) mass is 472 g/mol. The number of hydrogen-bond donors (Lipinski definition) is 1. The molecule has 0 saturated carbocycles. The van der Waals surface area contributed by atoms with Crippen LogP contribution in [0.4, 0.5) is 11.6 Å². The third-order valence-electron chi connectivity index (χ3n) is 6.29. The van der Waals surface area contributed by atoms with Crippen molar-refractivity contribution in [2.24, 2.45) is 0 Å². The summed E-state index contributed by atoms with van der Waals surface area (Å²) < 4.78 is 7.63. The summed E-state index contributed by atoms with van der Waals surface area (Å²) in [6.07, 6.45) is 9.03. The molecule has 35 heavy (non-hydrogen) atoms. The largest absolute Gasteiger partial charge is 0.376 e. The summed E-state index contributed by atoms with van der Waals surface area (Å²) in [6.45, 7) is 11.2. The maximum absolute atomic E-state index is 5.63. The molecule has 1 fully saturated rings. The van der Waals surface area contributed by atoms with Gasteiger partial charge < -0.3 is 10.1 Å². The molecule has 5 rings (SSSR count). The first-order valence-electron chi connectivity index (χ1n) is 12.3. The minimum Gasteiger partial charge on any atom is -0.376 e. The molecule has 1 aliphatic rings. The van der Waals surface area contributed by atoms with Gasteiger partial charge in [0.1, 0.15) is 5.82 Å². The maximum atomic E-state index is 5.63. The van der Waals surface area contributed by atoms with Gasteiger partial charge in [-0.2, -0.15) is 10.2 Å². The van der Waals surface area contributed by atoms with Crippen LogP contribution in [0.1, 0.15) is 38.7 Å². The lowest BCUT2D eigenvalue weighted by Gasteiger charge is -2.30. The predicted molar refractivity (Wildman–Crippen MR) is 137 cm³/mol. The summed E-state index contributed by atoms with van der Waals surface area (Å²) in [5.41, 5.74) is 4.82. The molecular weight excluding hydrogens is 440 g/mol. The molecule has 5 heterocycles. The second-order valence-electron chi connectivity index (χ2n) is 9.44. The second kappa shape index (κ2) is 10.5. The van der Waals surface area contributed by atoms with Crippen molar-refractivity contribution < 1.29 is 4.74 Å². The number of ether oxygens (including phenoxy) is 1. The molecule has 0 unspecified atom stereocenters. The fraction of sp³-hybridized carbons (Fsp3) is 0.423. The molecule has 1 N–H and O–H groups in total. The zero-order valence-corrected chi connectivity index (χ0v) is 20.6. The minimum atomic E-state index is 0.322. The van der Waals surface area contributed by atoms with Crippen molar-refractivity contribution in [3.8, 4) is 11.1 Å². The lowest BCUT2D eigenvalue weighted by molar-refractivity contribution is -0.0188. The predicted octanol–water partition coefficient (Wildman–Crippen LogP) is 4.26. The van der Waals surface area contributed by atoms with Gasteiger partial charge in [-0.1, -0.05) is 13.8 Å². The van der Waals surface area contributed by atoms with E-state index in [0.717, 1.165) is 66.9 Å². The van der Waals surface area contributed by atoms with Gasteiger partial charge in [-0.05, 0) is 49.1 Å². The normalized spacial score (nSPS) is 16.7. The van der Waals surface area contributed by atoms with Gasteiger partial charge in [-0.3, -0.25) is 14.6 Å². The summed E-state index contributed by atoms with van der Waals surface area (Å²) in [5.74, 6) is 1.77. The number of fused-ring (bicyclic) bond motifs is 1. The number of nitrogens with zero attached hydrogens (tertiary/aromatic N) is 7. The van der Waals surface area contributed by atoms with Gasteiger partial charge >= 0.3 is 0 Å². The summed E-state index contributed by atoms with van der Waals surface area (Å²) in [5, 5.41) is 16.1. The van der Waals surface area contributed by atoms with Gasteiger partial charge in [0.05, 0.1) is 36.1 Å². The topological polar surface area (TPSA) is 93.9 Å². The molecule has 4 aromatic heterocycles. The summed E-state index contributed by atoms with van der Waals surface area (Å²) >= 11 is 0. The van der Waals surface area contributed by atoms with Crippen LogP contribution in [0.2, 0.25) is 0 Å². The Morgan fingerprint density at radius 2 is 1.97 bits per heavy atom. The molecular formula is C26H32N8O. The molecule has 9 nitrogen and oxygen atoms in total. The van der Waals surface area contributed by atoms with Crippen molar-refractivity contribution >= 4 is 22.7 Å². The van der Waals surface area contributed by atoms with Gasteiger partial charge in [0.25, 0.3) is 0 Å². The van der Waals surface area contributed by atoms with Crippen LogP contribution in [0.5, 0.6) is 0 Å². The van der Waals surface area contributed by atoms with Gasteiger partial charge in [-0.15, -0.1) is 5.10 Å². The van der Waals surface area contributed by atoms with Crippen LogP contribution < -0.4 is 5.32 Å². The van der Waals surface area contributed by atoms with Crippen LogP contribution in [-0.4, -0.2) is 67.2 Å². The van der Waals surface area contributed by atoms with Crippen molar-refractivity contribution in [2.75, 3.05) is 31.6 Å². The van der Waals surface area contributed by atoms with E-state index in [1.54, 1.807) is 6.20 Å². The average Bonchev–Trinajstić information content (AvgIpc) is 3.33. The zero-order valence-electron chi connectivity index (χ0n) is 20.6. The lowest BCUT2D eigenvalue weighted by atomic mass is 10.1. The van der Waals surface area contributed by atoms with Crippen LogP contribution in [-0.2, 0) is 11.3 Å². The molecule has 1 atom stereocenters. The Hall–Kier alpha value is -3.43. The summed E-state index contributed by atoms with van der Waals surface area (Å²) in [4.78, 5) is 11.8. The molecule has 9 heteroatoms. The fourth-order valence-corrected chi connectivity index (χ4v) is 4.31. The van der Waals surface area contributed by atoms with E-state index in [1.807, 2.05) is 35.3 Å². The summed E-state index contributed by atoms with van der Waals surface area (Å²) in [7, 11) is 0. The second-order valence-corrected chi connectivity index (χ2v) is 9.44. The highest BCUT2D eigenvalue weighted by atomic mass is 16.5. The van der Waals surface area contributed by atoms with Crippen LogP contribution >= 0.6 is 0 Å². The molecule has 182 valence electrons. The van der Waals surface area contributed by atoms with Crippen molar-refractivity contribution in [2.45, 2.75) is 45.8 Å². The van der Waals surface area contributed by atoms with E-state index in [1.165, 1.54) is 0 Å². The van der Waals surface area contributed by atoms with Crippen molar-refractivity contribution in [3.63, 3.8) is 0 Å². The Kier molecular flexibility index (Phi) is 6.96. The van der Waals surface area contributed by atoms with Crippen molar-refractivity contribution in [1.82, 2.24) is 34.8 Å². The molecule has 1 aliphatic heterocycles. The lowest BCUT2D eigenvalue weighted by Crippen LogP contribution is -2.41. The number of rotatable bonds is 8. The third kappa shape index (κ3) is 5.80. The van der Waals surface area contributed by atoms with Crippen LogP contribution in [0.15, 0.2) is 49.1 Å². The molecule has 0 amide bonds. The fourth-order valence-electron chi connectivity index (χ4n) is 4.31. The van der Waals surface area contributed by atoms with E-state index >= 15 is 0 Å². The quantitative estimate of drug-likeness (QED) is 0.407. The number of anilines is 2. The highest BCUT2D eigenvalue weighted by molar-refractivity contribution is 5.81.